The molecule has 1 aromatic carbocycles. The molecule has 1 aliphatic rings. The molecule has 0 amide bonds. The highest BCUT2D eigenvalue weighted by atomic mass is 35.5. The number of piperazine rings is 1. The number of benzene rings is 1. The first-order valence-corrected chi connectivity index (χ1v) is 9.75. The van der Waals surface area contributed by atoms with Crippen LogP contribution in [-0.2, 0) is 10.0 Å². The average molecular weight is 383 g/mol. The monoisotopic (exact) mass is 382 g/mol. The first kappa shape index (κ1) is 18.1. The number of nitrogens with zero attached hydrogens (tertiary/aromatic N) is 2. The molecule has 0 bridgehead atoms. The topological polar surface area (TPSA) is 70.8 Å². The van der Waals surface area contributed by atoms with Crippen LogP contribution in [-0.4, -0.2) is 56.1 Å². The lowest BCUT2D eigenvalue weighted by molar-refractivity contribution is 0.0874. The van der Waals surface area contributed by atoms with Gasteiger partial charge in [0.15, 0.2) is 5.76 Å². The van der Waals surface area contributed by atoms with Gasteiger partial charge >= 0.3 is 0 Å². The summed E-state index contributed by atoms with van der Waals surface area (Å²) in [5, 5.41) is 0.395. The number of carbonyl (C=O) groups is 1. The Kier molecular flexibility index (Phi) is 5.29. The number of hydrogen-bond donors (Lipinski definition) is 0. The molecule has 0 atom stereocenters. The minimum atomic E-state index is -3.59. The largest absolute Gasteiger partial charge is 0.461 e. The van der Waals surface area contributed by atoms with Gasteiger partial charge in [-0.1, -0.05) is 17.7 Å². The Morgan fingerprint density at radius 2 is 1.92 bits per heavy atom. The van der Waals surface area contributed by atoms with E-state index in [-0.39, 0.29) is 17.2 Å². The summed E-state index contributed by atoms with van der Waals surface area (Å²) in [5.41, 5.74) is 0.667. The fourth-order valence-electron chi connectivity index (χ4n) is 2.84. The number of ketones is 1. The second kappa shape index (κ2) is 7.29. The van der Waals surface area contributed by atoms with Gasteiger partial charge in [-0.2, -0.15) is 4.31 Å². The minimum absolute atomic E-state index is 0.105. The molecule has 0 aliphatic carbocycles. The van der Waals surface area contributed by atoms with Gasteiger partial charge in [-0.3, -0.25) is 9.69 Å². The van der Waals surface area contributed by atoms with Crippen molar-refractivity contribution < 1.29 is 17.6 Å². The highest BCUT2D eigenvalue weighted by Crippen LogP contribution is 2.24. The maximum Gasteiger partial charge on any atom is 0.243 e. The number of halogens is 1. The van der Waals surface area contributed by atoms with Gasteiger partial charge in [0.25, 0.3) is 0 Å². The maximum absolute atomic E-state index is 12.8. The number of rotatable bonds is 5. The average Bonchev–Trinajstić information content (AvgIpc) is 3.12. The van der Waals surface area contributed by atoms with E-state index >= 15 is 0 Å². The van der Waals surface area contributed by atoms with E-state index in [2.05, 4.69) is 0 Å². The summed E-state index contributed by atoms with van der Waals surface area (Å²) in [6.45, 7) is 3.62. The SMILES string of the molecule is Cc1ccc(Cl)cc1S(=O)(=O)N1CCN(CC(=O)c2ccco2)CC1. The Morgan fingerprint density at radius 3 is 2.56 bits per heavy atom. The number of hydrogen-bond acceptors (Lipinski definition) is 5. The van der Waals surface area contributed by atoms with Crippen molar-refractivity contribution in [1.29, 1.82) is 0 Å². The third kappa shape index (κ3) is 3.95. The quantitative estimate of drug-likeness (QED) is 0.743. The molecule has 1 aromatic heterocycles. The smallest absolute Gasteiger partial charge is 0.243 e. The Balaban J connectivity index is 1.65. The standard InChI is InChI=1S/C17H19ClN2O4S/c1-13-4-5-14(18)11-17(13)25(22,23)20-8-6-19(7-9-20)12-15(21)16-3-2-10-24-16/h2-5,10-11H,6-9,12H2,1H3. The van der Waals surface area contributed by atoms with Crippen molar-refractivity contribution in [3.63, 3.8) is 0 Å². The van der Waals surface area contributed by atoms with E-state index in [9.17, 15) is 13.2 Å². The van der Waals surface area contributed by atoms with Gasteiger partial charge in [0.05, 0.1) is 17.7 Å². The van der Waals surface area contributed by atoms with Gasteiger partial charge in [0.1, 0.15) is 0 Å². The maximum atomic E-state index is 12.8. The van der Waals surface area contributed by atoms with Crippen molar-refractivity contribution >= 4 is 27.4 Å². The van der Waals surface area contributed by atoms with Crippen molar-refractivity contribution in [1.82, 2.24) is 9.21 Å². The normalized spacial score (nSPS) is 16.9. The molecule has 8 heteroatoms. The first-order chi connectivity index (χ1) is 11.9. The molecule has 0 saturated carbocycles. The van der Waals surface area contributed by atoms with Gasteiger partial charge in [0, 0.05) is 31.2 Å². The van der Waals surface area contributed by atoms with Crippen LogP contribution in [0.1, 0.15) is 16.1 Å². The summed E-state index contributed by atoms with van der Waals surface area (Å²) >= 11 is 5.95. The lowest BCUT2D eigenvalue weighted by Gasteiger charge is -2.33. The second-order valence-electron chi connectivity index (χ2n) is 5.99. The van der Waals surface area contributed by atoms with Crippen LogP contribution in [0.3, 0.4) is 0 Å². The van der Waals surface area contributed by atoms with Gasteiger partial charge < -0.3 is 4.42 Å². The van der Waals surface area contributed by atoms with Crippen LogP contribution in [0.2, 0.25) is 5.02 Å². The molecule has 6 nitrogen and oxygen atoms in total. The van der Waals surface area contributed by atoms with E-state index in [0.717, 1.165) is 0 Å². The fourth-order valence-corrected chi connectivity index (χ4v) is 4.75. The predicted molar refractivity (Wildman–Crippen MR) is 94.4 cm³/mol. The molecule has 2 aromatic rings. The van der Waals surface area contributed by atoms with E-state index < -0.39 is 10.0 Å². The van der Waals surface area contributed by atoms with Crippen LogP contribution in [0, 0.1) is 6.92 Å². The Labute approximate surface area is 152 Å². The lowest BCUT2D eigenvalue weighted by Crippen LogP contribution is -2.49. The van der Waals surface area contributed by atoms with E-state index in [1.807, 2.05) is 4.90 Å². The third-order valence-corrected chi connectivity index (χ3v) is 6.54. The fraction of sp³-hybridized carbons (Fsp3) is 0.353. The highest BCUT2D eigenvalue weighted by molar-refractivity contribution is 7.89. The Bertz CT molecular complexity index is 857. The molecule has 1 fully saturated rings. The molecular formula is C17H19ClN2O4S. The Hall–Kier alpha value is -1.67. The van der Waals surface area contributed by atoms with Crippen LogP contribution in [0.25, 0.3) is 0 Å². The van der Waals surface area contributed by atoms with E-state index in [4.69, 9.17) is 16.0 Å². The molecule has 3 rings (SSSR count). The zero-order chi connectivity index (χ0) is 18.0. The zero-order valence-electron chi connectivity index (χ0n) is 13.8. The summed E-state index contributed by atoms with van der Waals surface area (Å²) in [4.78, 5) is 14.2. The van der Waals surface area contributed by atoms with Crippen molar-refractivity contribution in [2.45, 2.75) is 11.8 Å². The third-order valence-electron chi connectivity index (χ3n) is 4.26. The van der Waals surface area contributed by atoms with Crippen LogP contribution >= 0.6 is 11.6 Å². The van der Waals surface area contributed by atoms with E-state index in [0.29, 0.717) is 42.5 Å². The molecule has 25 heavy (non-hydrogen) atoms. The zero-order valence-corrected chi connectivity index (χ0v) is 15.4. The van der Waals surface area contributed by atoms with E-state index in [1.165, 1.54) is 16.6 Å². The van der Waals surface area contributed by atoms with Gasteiger partial charge in [0.2, 0.25) is 15.8 Å². The molecule has 134 valence electrons. The lowest BCUT2D eigenvalue weighted by atomic mass is 10.2. The molecule has 2 heterocycles. The van der Waals surface area contributed by atoms with Crippen molar-refractivity contribution in [3.8, 4) is 0 Å². The predicted octanol–water partition coefficient (Wildman–Crippen LogP) is 2.43. The van der Waals surface area contributed by atoms with Crippen LogP contribution < -0.4 is 0 Å². The summed E-state index contributed by atoms with van der Waals surface area (Å²) in [7, 11) is -3.59. The first-order valence-electron chi connectivity index (χ1n) is 7.93. The second-order valence-corrected chi connectivity index (χ2v) is 8.33. The van der Waals surface area contributed by atoms with Crippen molar-refractivity contribution in [2.24, 2.45) is 0 Å². The summed E-state index contributed by atoms with van der Waals surface area (Å²) in [6, 6.07) is 8.16. The molecule has 0 radical (unpaired) electrons. The van der Waals surface area contributed by atoms with Crippen LogP contribution in [0.4, 0.5) is 0 Å². The van der Waals surface area contributed by atoms with Crippen LogP contribution in [0.5, 0.6) is 0 Å². The molecule has 0 N–H and O–H groups in total. The summed E-state index contributed by atoms with van der Waals surface area (Å²) in [5.74, 6) is 0.219. The molecule has 1 aliphatic heterocycles. The Morgan fingerprint density at radius 1 is 1.20 bits per heavy atom. The van der Waals surface area contributed by atoms with E-state index in [1.54, 1.807) is 31.2 Å². The number of sulfonamides is 1. The number of Topliss-reactive ketones (excluding diaryl/α,β-unsaturated/α-hetero) is 1. The van der Waals surface area contributed by atoms with Gasteiger partial charge in [-0.25, -0.2) is 8.42 Å². The molecule has 1 saturated heterocycles. The number of carbonyl (C=O) groups excluding carboxylic acids is 1. The molecular weight excluding hydrogens is 364 g/mol. The van der Waals surface area contributed by atoms with Crippen molar-refractivity contribution in [2.75, 3.05) is 32.7 Å². The van der Waals surface area contributed by atoms with Crippen molar-refractivity contribution in [3.05, 3.63) is 52.9 Å². The molecule has 0 spiro atoms. The summed E-state index contributed by atoms with van der Waals surface area (Å²) < 4.78 is 32.2. The minimum Gasteiger partial charge on any atom is -0.461 e. The summed E-state index contributed by atoms with van der Waals surface area (Å²) in [6.07, 6.45) is 1.46. The number of furan rings is 1. The van der Waals surface area contributed by atoms with Gasteiger partial charge in [-0.15, -0.1) is 0 Å². The van der Waals surface area contributed by atoms with Gasteiger partial charge in [-0.05, 0) is 36.8 Å². The molecule has 0 unspecified atom stereocenters. The number of aryl methyl sites for hydroxylation is 1. The highest BCUT2D eigenvalue weighted by Gasteiger charge is 2.30. The van der Waals surface area contributed by atoms with Crippen LogP contribution in [0.15, 0.2) is 45.9 Å².